The number of hydrogen-bond donors (Lipinski definition) is 0. The molecule has 0 saturated heterocycles. The van der Waals surface area contributed by atoms with Crippen LogP contribution >= 0.6 is 11.6 Å². The molecule has 0 unspecified atom stereocenters. The van der Waals surface area contributed by atoms with Crippen LogP contribution in [0.1, 0.15) is 16.9 Å². The van der Waals surface area contributed by atoms with Gasteiger partial charge in [0.15, 0.2) is 11.5 Å². The minimum atomic E-state index is -3.88. The summed E-state index contributed by atoms with van der Waals surface area (Å²) in [6, 6.07) is 19.1. The first kappa shape index (κ1) is 20.9. The maximum atomic E-state index is 13.2. The van der Waals surface area contributed by atoms with Crippen molar-refractivity contribution in [3.05, 3.63) is 94.8 Å². The molecule has 0 amide bonds. The molecule has 31 heavy (non-hydrogen) atoms. The first-order valence-corrected chi connectivity index (χ1v) is 11.2. The first-order chi connectivity index (χ1) is 14.9. The molecular formula is C24H18ClNO4S. The topological polar surface area (TPSA) is 61.4 Å². The lowest BCUT2D eigenvalue weighted by Gasteiger charge is -2.09. The van der Waals surface area contributed by atoms with Gasteiger partial charge in [-0.2, -0.15) is 0 Å². The molecule has 4 rings (SSSR count). The molecule has 2 aromatic carbocycles. The summed E-state index contributed by atoms with van der Waals surface area (Å²) in [7, 11) is -2.39. The summed E-state index contributed by atoms with van der Waals surface area (Å²) in [5.74, 6) is 6.83. The third kappa shape index (κ3) is 4.11. The molecule has 2 aromatic heterocycles. The second-order valence-corrected chi connectivity index (χ2v) is 8.97. The van der Waals surface area contributed by atoms with Crippen molar-refractivity contribution in [2.24, 2.45) is 0 Å². The zero-order chi connectivity index (χ0) is 22.0. The highest BCUT2D eigenvalue weighted by Crippen LogP contribution is 2.37. The van der Waals surface area contributed by atoms with Crippen LogP contribution in [0.3, 0.4) is 0 Å². The van der Waals surface area contributed by atoms with Gasteiger partial charge in [0, 0.05) is 17.8 Å². The number of ether oxygens (including phenoxy) is 1. The molecule has 0 aliphatic rings. The van der Waals surface area contributed by atoms with Crippen molar-refractivity contribution >= 4 is 21.6 Å². The maximum Gasteiger partial charge on any atom is 0.268 e. The number of rotatable bonds is 4. The molecule has 0 bridgehead atoms. The number of benzene rings is 2. The van der Waals surface area contributed by atoms with E-state index in [9.17, 15) is 8.42 Å². The molecule has 2 heterocycles. The molecule has 0 atom stereocenters. The van der Waals surface area contributed by atoms with Gasteiger partial charge in [0.1, 0.15) is 5.69 Å². The highest BCUT2D eigenvalue weighted by atomic mass is 35.5. The Kier molecular flexibility index (Phi) is 5.64. The van der Waals surface area contributed by atoms with Crippen LogP contribution in [0.25, 0.3) is 11.5 Å². The summed E-state index contributed by atoms with van der Waals surface area (Å²) in [6.45, 7) is 1.89. The zero-order valence-corrected chi connectivity index (χ0v) is 18.4. The Morgan fingerprint density at radius 1 is 1.00 bits per heavy atom. The maximum absolute atomic E-state index is 13.2. The Labute approximate surface area is 185 Å². The number of halogens is 1. The largest absolute Gasteiger partial charge is 0.492 e. The molecule has 0 aliphatic carbocycles. The molecule has 0 saturated carbocycles. The summed E-state index contributed by atoms with van der Waals surface area (Å²) >= 11 is 6.35. The van der Waals surface area contributed by atoms with Gasteiger partial charge < -0.3 is 9.15 Å². The fourth-order valence-electron chi connectivity index (χ4n) is 3.02. The fourth-order valence-corrected chi connectivity index (χ4v) is 4.67. The van der Waals surface area contributed by atoms with Gasteiger partial charge in [0.05, 0.1) is 17.0 Å². The Morgan fingerprint density at radius 3 is 2.39 bits per heavy atom. The van der Waals surface area contributed by atoms with Gasteiger partial charge in [0.2, 0.25) is 5.76 Å². The minimum Gasteiger partial charge on any atom is -0.492 e. The van der Waals surface area contributed by atoms with Crippen LogP contribution in [0.15, 0.2) is 82.2 Å². The third-order valence-corrected chi connectivity index (χ3v) is 6.62. The summed E-state index contributed by atoms with van der Waals surface area (Å²) in [6.07, 6.45) is 1.40. The van der Waals surface area contributed by atoms with Crippen molar-refractivity contribution < 1.29 is 17.6 Å². The Balaban J connectivity index is 1.80. The van der Waals surface area contributed by atoms with Gasteiger partial charge in [-0.25, -0.2) is 12.4 Å². The highest BCUT2D eigenvalue weighted by Gasteiger charge is 2.25. The molecule has 5 nitrogen and oxygen atoms in total. The molecule has 0 spiro atoms. The smallest absolute Gasteiger partial charge is 0.268 e. The fraction of sp³-hybridized carbons (Fsp3) is 0.0833. The van der Waals surface area contributed by atoms with E-state index in [-0.39, 0.29) is 27.1 Å². The van der Waals surface area contributed by atoms with E-state index < -0.39 is 10.0 Å². The van der Waals surface area contributed by atoms with E-state index in [0.29, 0.717) is 5.75 Å². The summed E-state index contributed by atoms with van der Waals surface area (Å²) < 4.78 is 38.8. The van der Waals surface area contributed by atoms with E-state index in [1.165, 1.54) is 19.4 Å². The lowest BCUT2D eigenvalue weighted by Crippen LogP contribution is -2.13. The average Bonchev–Trinajstić information content (AvgIpc) is 3.36. The van der Waals surface area contributed by atoms with E-state index in [4.69, 9.17) is 20.8 Å². The van der Waals surface area contributed by atoms with Crippen LogP contribution in [0.2, 0.25) is 5.02 Å². The molecule has 0 radical (unpaired) electrons. The van der Waals surface area contributed by atoms with Crippen molar-refractivity contribution in [2.75, 3.05) is 7.11 Å². The molecule has 156 valence electrons. The summed E-state index contributed by atoms with van der Waals surface area (Å²) in [4.78, 5) is 0.147. The van der Waals surface area contributed by atoms with Crippen molar-refractivity contribution in [2.45, 2.75) is 11.8 Å². The molecule has 4 aromatic rings. The van der Waals surface area contributed by atoms with Crippen molar-refractivity contribution in [1.29, 1.82) is 0 Å². The number of aromatic nitrogens is 1. The normalized spacial score (nSPS) is 11.1. The number of methoxy groups -OCH3 is 1. The number of aryl methyl sites for hydroxylation is 1. The van der Waals surface area contributed by atoms with Gasteiger partial charge >= 0.3 is 0 Å². The number of hydrogen-bond acceptors (Lipinski definition) is 4. The Morgan fingerprint density at radius 2 is 1.71 bits per heavy atom. The lowest BCUT2D eigenvalue weighted by molar-refractivity contribution is 0.403. The minimum absolute atomic E-state index is 0.147. The quantitative estimate of drug-likeness (QED) is 0.392. The van der Waals surface area contributed by atoms with E-state index in [1.807, 2.05) is 37.3 Å². The van der Waals surface area contributed by atoms with Gasteiger partial charge in [-0.15, -0.1) is 0 Å². The first-order valence-electron chi connectivity index (χ1n) is 9.34. The highest BCUT2D eigenvalue weighted by molar-refractivity contribution is 7.90. The predicted molar refractivity (Wildman–Crippen MR) is 120 cm³/mol. The van der Waals surface area contributed by atoms with Crippen LogP contribution in [-0.2, 0) is 10.0 Å². The van der Waals surface area contributed by atoms with Crippen LogP contribution in [0.5, 0.6) is 5.75 Å². The predicted octanol–water partition coefficient (Wildman–Crippen LogP) is 5.36. The number of furan rings is 1. The second-order valence-electron chi connectivity index (χ2n) is 6.75. The van der Waals surface area contributed by atoms with Crippen LogP contribution in [0.4, 0.5) is 0 Å². The van der Waals surface area contributed by atoms with Gasteiger partial charge in [-0.05, 0) is 43.2 Å². The van der Waals surface area contributed by atoms with Crippen molar-refractivity contribution in [3.8, 4) is 29.0 Å². The zero-order valence-electron chi connectivity index (χ0n) is 16.8. The van der Waals surface area contributed by atoms with Crippen molar-refractivity contribution in [1.82, 2.24) is 3.97 Å². The average molecular weight is 452 g/mol. The summed E-state index contributed by atoms with van der Waals surface area (Å²) in [5, 5.41) is 0.231. The second kappa shape index (κ2) is 8.38. The van der Waals surface area contributed by atoms with Crippen LogP contribution < -0.4 is 4.74 Å². The summed E-state index contributed by atoms with van der Waals surface area (Å²) in [5.41, 5.74) is 1.97. The molecule has 0 aliphatic heterocycles. The van der Waals surface area contributed by atoms with Crippen LogP contribution in [-0.4, -0.2) is 19.5 Å². The van der Waals surface area contributed by atoms with Crippen molar-refractivity contribution in [3.63, 3.8) is 0 Å². The van der Waals surface area contributed by atoms with E-state index in [1.54, 1.807) is 30.3 Å². The van der Waals surface area contributed by atoms with E-state index in [2.05, 4.69) is 11.8 Å². The van der Waals surface area contributed by atoms with Gasteiger partial charge in [-0.1, -0.05) is 53.4 Å². The van der Waals surface area contributed by atoms with E-state index in [0.717, 1.165) is 15.1 Å². The Hall–Kier alpha value is -3.40. The van der Waals surface area contributed by atoms with E-state index >= 15 is 0 Å². The molecule has 7 heteroatoms. The molecule has 0 fully saturated rings. The molecular weight excluding hydrogens is 434 g/mol. The van der Waals surface area contributed by atoms with Gasteiger partial charge in [-0.3, -0.25) is 0 Å². The number of nitrogens with zero attached hydrogens (tertiary/aromatic N) is 1. The Bertz CT molecular complexity index is 1390. The SMILES string of the molecule is COc1cc(-c2c(Cl)ccn2S(=O)(=O)c2ccc(C)cc2)oc1C#Cc1ccccc1. The van der Waals surface area contributed by atoms with Gasteiger partial charge in [0.25, 0.3) is 10.0 Å². The third-order valence-electron chi connectivity index (χ3n) is 4.63. The lowest BCUT2D eigenvalue weighted by atomic mass is 10.2. The standard InChI is InChI=1S/C24H18ClNO4S/c1-17-8-11-19(12-9-17)31(27,28)26-15-14-20(25)24(26)23-16-22(29-2)21(30-23)13-10-18-6-4-3-5-7-18/h3-9,11-12,14-16H,1-2H3. The molecule has 0 N–H and O–H groups in total. The van der Waals surface area contributed by atoms with Crippen LogP contribution in [0, 0.1) is 18.8 Å². The monoisotopic (exact) mass is 451 g/mol.